The molecule has 0 amide bonds. The summed E-state index contributed by atoms with van der Waals surface area (Å²) in [6.07, 6.45) is 95.2. The number of carbonyl (C=O) groups is 3. The van der Waals surface area contributed by atoms with Crippen molar-refractivity contribution in [2.75, 3.05) is 13.2 Å². The molecule has 0 aliphatic rings. The molecule has 0 aromatic heterocycles. The molecular weight excluding hydrogens is 973 g/mol. The molecule has 0 radical (unpaired) electrons. The molecular formula is C73H116O6. The Labute approximate surface area is 486 Å². The fourth-order valence-corrected chi connectivity index (χ4v) is 8.27. The molecule has 0 heterocycles. The van der Waals surface area contributed by atoms with Crippen molar-refractivity contribution in [1.29, 1.82) is 0 Å². The lowest BCUT2D eigenvalue weighted by molar-refractivity contribution is -0.167. The van der Waals surface area contributed by atoms with Crippen molar-refractivity contribution in [3.8, 4) is 0 Å². The number of rotatable bonds is 56. The van der Waals surface area contributed by atoms with E-state index in [-0.39, 0.29) is 37.5 Å². The largest absolute Gasteiger partial charge is 0.462 e. The predicted molar refractivity (Wildman–Crippen MR) is 343 cm³/mol. The molecule has 0 saturated heterocycles. The zero-order valence-electron chi connectivity index (χ0n) is 50.8. The summed E-state index contributed by atoms with van der Waals surface area (Å²) in [6.45, 7) is 6.35. The highest BCUT2D eigenvalue weighted by atomic mass is 16.6. The highest BCUT2D eigenvalue weighted by Gasteiger charge is 2.19. The number of unbranched alkanes of at least 4 members (excludes halogenated alkanes) is 19. The third kappa shape index (κ3) is 63.7. The summed E-state index contributed by atoms with van der Waals surface area (Å²) >= 11 is 0. The van der Waals surface area contributed by atoms with Crippen LogP contribution in [-0.4, -0.2) is 37.2 Å². The lowest BCUT2D eigenvalue weighted by Gasteiger charge is -2.18. The van der Waals surface area contributed by atoms with Crippen LogP contribution in [0.3, 0.4) is 0 Å². The average molecular weight is 1090 g/mol. The fourth-order valence-electron chi connectivity index (χ4n) is 8.27. The predicted octanol–water partition coefficient (Wildman–Crippen LogP) is 22.1. The first-order chi connectivity index (χ1) is 39.0. The Morgan fingerprint density at radius 2 is 0.494 bits per heavy atom. The average Bonchev–Trinajstić information content (AvgIpc) is 3.45. The van der Waals surface area contributed by atoms with Crippen LogP contribution in [-0.2, 0) is 28.6 Å². The third-order valence-electron chi connectivity index (χ3n) is 13.0. The van der Waals surface area contributed by atoms with Gasteiger partial charge in [0.05, 0.1) is 0 Å². The summed E-state index contributed by atoms with van der Waals surface area (Å²) in [5, 5.41) is 0. The van der Waals surface area contributed by atoms with Crippen LogP contribution in [0.5, 0.6) is 0 Å². The van der Waals surface area contributed by atoms with E-state index < -0.39 is 6.10 Å². The minimum atomic E-state index is -0.824. The summed E-state index contributed by atoms with van der Waals surface area (Å²) in [4.78, 5) is 38.4. The van der Waals surface area contributed by atoms with Crippen LogP contribution in [0.2, 0.25) is 0 Å². The van der Waals surface area contributed by atoms with Crippen molar-refractivity contribution in [2.24, 2.45) is 0 Å². The Kier molecular flexibility index (Phi) is 61.4. The molecule has 0 aromatic carbocycles. The van der Waals surface area contributed by atoms with Gasteiger partial charge >= 0.3 is 17.9 Å². The van der Waals surface area contributed by atoms with E-state index in [2.05, 4.69) is 179 Å². The smallest absolute Gasteiger partial charge is 0.306 e. The lowest BCUT2D eigenvalue weighted by Crippen LogP contribution is -2.30. The second kappa shape index (κ2) is 65.5. The molecule has 1 unspecified atom stereocenters. The van der Waals surface area contributed by atoms with Crippen molar-refractivity contribution in [3.63, 3.8) is 0 Å². The van der Waals surface area contributed by atoms with Crippen molar-refractivity contribution in [3.05, 3.63) is 158 Å². The Bertz CT molecular complexity index is 1780. The van der Waals surface area contributed by atoms with Gasteiger partial charge in [0.2, 0.25) is 0 Å². The van der Waals surface area contributed by atoms with Gasteiger partial charge in [-0.2, -0.15) is 0 Å². The fraction of sp³-hybridized carbons (Fsp3) is 0.603. The zero-order valence-corrected chi connectivity index (χ0v) is 50.8. The summed E-state index contributed by atoms with van der Waals surface area (Å²) in [6, 6.07) is 0. The third-order valence-corrected chi connectivity index (χ3v) is 13.0. The highest BCUT2D eigenvalue weighted by molar-refractivity contribution is 5.71. The van der Waals surface area contributed by atoms with Crippen LogP contribution in [0, 0.1) is 0 Å². The van der Waals surface area contributed by atoms with E-state index in [0.29, 0.717) is 19.3 Å². The number of ether oxygens (including phenoxy) is 3. The first kappa shape index (κ1) is 74.0. The van der Waals surface area contributed by atoms with Gasteiger partial charge in [0, 0.05) is 19.3 Å². The maximum atomic E-state index is 12.9. The van der Waals surface area contributed by atoms with Crippen LogP contribution < -0.4 is 0 Å². The van der Waals surface area contributed by atoms with Crippen LogP contribution in [0.4, 0.5) is 0 Å². The normalized spacial score (nSPS) is 13.2. The molecule has 0 rings (SSSR count). The number of hydrogen-bond donors (Lipinski definition) is 0. The van der Waals surface area contributed by atoms with E-state index in [4.69, 9.17) is 14.2 Å². The lowest BCUT2D eigenvalue weighted by atomic mass is 10.1. The second-order valence-corrected chi connectivity index (χ2v) is 20.5. The van der Waals surface area contributed by atoms with E-state index in [0.717, 1.165) is 141 Å². The minimum absolute atomic E-state index is 0.113. The van der Waals surface area contributed by atoms with Crippen molar-refractivity contribution < 1.29 is 28.6 Å². The molecule has 0 aliphatic carbocycles. The van der Waals surface area contributed by atoms with E-state index in [1.165, 1.54) is 77.0 Å². The molecule has 0 spiro atoms. The van der Waals surface area contributed by atoms with Gasteiger partial charge in [-0.25, -0.2) is 0 Å². The summed E-state index contributed by atoms with van der Waals surface area (Å²) < 4.78 is 16.9. The van der Waals surface area contributed by atoms with Crippen molar-refractivity contribution >= 4 is 17.9 Å². The topological polar surface area (TPSA) is 78.9 Å². The van der Waals surface area contributed by atoms with Gasteiger partial charge in [0.15, 0.2) is 6.10 Å². The molecule has 1 atom stereocenters. The van der Waals surface area contributed by atoms with Crippen LogP contribution in [0.1, 0.15) is 265 Å². The molecule has 444 valence electrons. The van der Waals surface area contributed by atoms with E-state index in [1.54, 1.807) is 0 Å². The van der Waals surface area contributed by atoms with E-state index in [9.17, 15) is 14.4 Å². The Morgan fingerprint density at radius 1 is 0.266 bits per heavy atom. The maximum Gasteiger partial charge on any atom is 0.306 e. The molecule has 79 heavy (non-hydrogen) atoms. The number of allylic oxidation sites excluding steroid dienone is 26. The summed E-state index contributed by atoms with van der Waals surface area (Å²) in [5.74, 6) is -0.989. The molecule has 0 N–H and O–H groups in total. The van der Waals surface area contributed by atoms with Crippen LogP contribution in [0.15, 0.2) is 158 Å². The Balaban J connectivity index is 4.56. The molecule has 6 heteroatoms. The maximum absolute atomic E-state index is 12.9. The quantitative estimate of drug-likeness (QED) is 0.0261. The SMILES string of the molecule is CC/C=C\C/C=C\C/C=C\C/C=C\C/C=C\C/C=C\CCCCCCC(=O)OCC(COC(=O)CCCCCCCCC/C=C\CCCCCCCC)OC(=O)CCCC/C=C\C/C=C\C/C=C\C/C=C\C/C=C\C/C=C\CC. The van der Waals surface area contributed by atoms with Gasteiger partial charge in [-0.15, -0.1) is 0 Å². The van der Waals surface area contributed by atoms with Gasteiger partial charge in [0.1, 0.15) is 13.2 Å². The number of carbonyl (C=O) groups excluding carboxylic acids is 3. The first-order valence-corrected chi connectivity index (χ1v) is 32.0. The number of hydrogen-bond acceptors (Lipinski definition) is 6. The standard InChI is InChI=1S/C73H116O6/c1-4-7-10-13-16-19-22-25-28-31-33-35-36-38-39-42-45-48-51-54-57-60-63-66-72(75)78-69-70(68-77-71(74)65-62-59-56-53-50-47-44-41-30-27-24-21-18-15-12-9-6-3)79-73(76)67-64-61-58-55-52-49-46-43-40-37-34-32-29-26-23-20-17-14-11-8-5-2/h7-8,10-11,16-17,19-20,25-30,33-35,37-39,43,45-46,48,52,55,70H,4-6,9,12-15,18,21-24,31-32,36,40-42,44,47,49-51,53-54,56-69H2,1-3H3/b10-7-,11-8-,19-16-,20-17-,28-25-,29-26-,30-27-,35-33-,37-34-,39-38-,46-43-,48-45-,55-52-. The minimum Gasteiger partial charge on any atom is -0.462 e. The molecule has 0 aliphatic heterocycles. The van der Waals surface area contributed by atoms with Gasteiger partial charge < -0.3 is 14.2 Å². The monoisotopic (exact) mass is 1090 g/mol. The van der Waals surface area contributed by atoms with Crippen LogP contribution >= 0.6 is 0 Å². The molecule has 0 saturated carbocycles. The van der Waals surface area contributed by atoms with E-state index in [1.807, 2.05) is 0 Å². The number of esters is 3. The highest BCUT2D eigenvalue weighted by Crippen LogP contribution is 2.14. The Hall–Kier alpha value is -4.97. The van der Waals surface area contributed by atoms with Gasteiger partial charge in [-0.1, -0.05) is 256 Å². The van der Waals surface area contributed by atoms with Crippen molar-refractivity contribution in [2.45, 2.75) is 271 Å². The Morgan fingerprint density at radius 3 is 0.810 bits per heavy atom. The molecule has 0 fully saturated rings. The van der Waals surface area contributed by atoms with Crippen molar-refractivity contribution in [1.82, 2.24) is 0 Å². The van der Waals surface area contributed by atoms with Gasteiger partial charge in [-0.05, 0) is 148 Å². The van der Waals surface area contributed by atoms with Crippen LogP contribution in [0.25, 0.3) is 0 Å². The first-order valence-electron chi connectivity index (χ1n) is 32.0. The van der Waals surface area contributed by atoms with Gasteiger partial charge in [0.25, 0.3) is 0 Å². The van der Waals surface area contributed by atoms with E-state index >= 15 is 0 Å². The summed E-state index contributed by atoms with van der Waals surface area (Å²) in [5.41, 5.74) is 0. The summed E-state index contributed by atoms with van der Waals surface area (Å²) in [7, 11) is 0. The van der Waals surface area contributed by atoms with Gasteiger partial charge in [-0.3, -0.25) is 14.4 Å². The molecule has 0 bridgehead atoms. The zero-order chi connectivity index (χ0) is 57.1. The molecule has 6 nitrogen and oxygen atoms in total. The molecule has 0 aromatic rings. The second-order valence-electron chi connectivity index (χ2n) is 20.5.